The molecule has 2 aromatic heterocycles. The molecule has 1 fully saturated rings. The van der Waals surface area contributed by atoms with E-state index in [1.54, 1.807) is 6.07 Å². The van der Waals surface area contributed by atoms with Crippen LogP contribution in [0.1, 0.15) is 57.7 Å². The molecule has 0 bridgehead atoms. The third-order valence-corrected chi connectivity index (χ3v) is 6.61. The summed E-state index contributed by atoms with van der Waals surface area (Å²) in [7, 11) is 0. The second-order valence-electron chi connectivity index (χ2n) is 9.55. The molecular weight excluding hydrogens is 468 g/mol. The highest BCUT2D eigenvalue weighted by Gasteiger charge is 2.18. The van der Waals surface area contributed by atoms with Gasteiger partial charge in [-0.3, -0.25) is 14.5 Å². The number of amides is 2. The standard InChI is InChI=1S/C29H38N4O4/c1-3-14-33(29(35)24-9-7-23(2)8-10-24)21-25-6-4-16-32(25)22-26-11-12-27(37-26)28(34)30-13-5-15-31-17-19-36-20-18-31/h4,6-12,16H,3,5,13-15,17-22H2,1-2H3,(H,30,34). The number of ether oxygens (including phenoxy) is 1. The van der Waals surface area contributed by atoms with Crippen molar-refractivity contribution in [3.05, 3.63) is 83.1 Å². The van der Waals surface area contributed by atoms with E-state index in [4.69, 9.17) is 9.15 Å². The van der Waals surface area contributed by atoms with Crippen LogP contribution in [0.4, 0.5) is 0 Å². The van der Waals surface area contributed by atoms with Gasteiger partial charge < -0.3 is 23.9 Å². The fourth-order valence-electron chi connectivity index (χ4n) is 4.51. The van der Waals surface area contributed by atoms with Crippen LogP contribution in [0.15, 0.2) is 59.1 Å². The molecule has 0 atom stereocenters. The molecule has 1 saturated heterocycles. The van der Waals surface area contributed by atoms with E-state index in [2.05, 4.69) is 21.7 Å². The molecule has 0 saturated carbocycles. The minimum Gasteiger partial charge on any atom is -0.454 e. The van der Waals surface area contributed by atoms with Gasteiger partial charge in [-0.2, -0.15) is 0 Å². The predicted molar refractivity (Wildman–Crippen MR) is 143 cm³/mol. The molecule has 37 heavy (non-hydrogen) atoms. The Hall–Kier alpha value is -3.36. The summed E-state index contributed by atoms with van der Waals surface area (Å²) in [6, 6.07) is 15.3. The SMILES string of the molecule is CCCN(Cc1cccn1Cc1ccc(C(=O)NCCCN2CCOCC2)o1)C(=O)c1ccc(C)cc1. The van der Waals surface area contributed by atoms with E-state index < -0.39 is 0 Å². The molecule has 1 aromatic carbocycles. The summed E-state index contributed by atoms with van der Waals surface area (Å²) in [5, 5.41) is 2.95. The lowest BCUT2D eigenvalue weighted by Gasteiger charge is -2.26. The van der Waals surface area contributed by atoms with Gasteiger partial charge in [0.1, 0.15) is 5.76 Å². The highest BCUT2D eigenvalue weighted by atomic mass is 16.5. The predicted octanol–water partition coefficient (Wildman–Crippen LogP) is 3.94. The van der Waals surface area contributed by atoms with E-state index in [-0.39, 0.29) is 11.8 Å². The van der Waals surface area contributed by atoms with Crippen molar-refractivity contribution in [3.63, 3.8) is 0 Å². The smallest absolute Gasteiger partial charge is 0.286 e. The Morgan fingerprint density at radius 3 is 2.59 bits per heavy atom. The molecule has 1 N–H and O–H groups in total. The number of furan rings is 1. The largest absolute Gasteiger partial charge is 0.454 e. The second-order valence-corrected chi connectivity index (χ2v) is 9.55. The molecule has 1 aliphatic heterocycles. The topological polar surface area (TPSA) is 80.0 Å². The maximum absolute atomic E-state index is 13.2. The van der Waals surface area contributed by atoms with Gasteiger partial charge >= 0.3 is 0 Å². The molecule has 0 unspecified atom stereocenters. The summed E-state index contributed by atoms with van der Waals surface area (Å²) >= 11 is 0. The third kappa shape index (κ3) is 7.57. The summed E-state index contributed by atoms with van der Waals surface area (Å²) in [4.78, 5) is 29.9. The lowest BCUT2D eigenvalue weighted by molar-refractivity contribution is 0.0374. The van der Waals surface area contributed by atoms with Crippen molar-refractivity contribution >= 4 is 11.8 Å². The first-order chi connectivity index (χ1) is 18.0. The quantitative estimate of drug-likeness (QED) is 0.377. The lowest BCUT2D eigenvalue weighted by atomic mass is 10.1. The Kier molecular flexibility index (Phi) is 9.57. The Morgan fingerprint density at radius 1 is 1.05 bits per heavy atom. The van der Waals surface area contributed by atoms with Gasteiger partial charge in [-0.05, 0) is 62.7 Å². The van der Waals surface area contributed by atoms with E-state index in [1.165, 1.54) is 0 Å². The minimum atomic E-state index is -0.196. The lowest BCUT2D eigenvalue weighted by Crippen LogP contribution is -2.38. The normalized spacial score (nSPS) is 14.0. The average molecular weight is 507 g/mol. The number of rotatable bonds is 12. The first-order valence-electron chi connectivity index (χ1n) is 13.2. The fourth-order valence-corrected chi connectivity index (χ4v) is 4.51. The van der Waals surface area contributed by atoms with Crippen LogP contribution in [0.2, 0.25) is 0 Å². The summed E-state index contributed by atoms with van der Waals surface area (Å²) in [6.45, 7) is 10.8. The first kappa shape index (κ1) is 26.7. The summed E-state index contributed by atoms with van der Waals surface area (Å²) in [5.41, 5.74) is 2.84. The highest BCUT2D eigenvalue weighted by Crippen LogP contribution is 2.16. The molecule has 4 rings (SSSR count). The van der Waals surface area contributed by atoms with Crippen LogP contribution in [0.3, 0.4) is 0 Å². The van der Waals surface area contributed by atoms with Gasteiger partial charge in [0.15, 0.2) is 5.76 Å². The van der Waals surface area contributed by atoms with Gasteiger partial charge in [0.25, 0.3) is 11.8 Å². The second kappa shape index (κ2) is 13.3. The van der Waals surface area contributed by atoms with E-state index in [0.29, 0.717) is 43.3 Å². The van der Waals surface area contributed by atoms with E-state index >= 15 is 0 Å². The van der Waals surface area contributed by atoms with Crippen LogP contribution >= 0.6 is 0 Å². The third-order valence-electron chi connectivity index (χ3n) is 6.61. The molecule has 2 amide bonds. The van der Waals surface area contributed by atoms with Crippen LogP contribution in [0.5, 0.6) is 0 Å². The zero-order valence-corrected chi connectivity index (χ0v) is 21.9. The van der Waals surface area contributed by atoms with Gasteiger partial charge in [0, 0.05) is 43.6 Å². The molecular formula is C29H38N4O4. The van der Waals surface area contributed by atoms with E-state index in [0.717, 1.165) is 56.9 Å². The van der Waals surface area contributed by atoms with E-state index in [1.807, 2.05) is 60.5 Å². The number of aromatic nitrogens is 1. The van der Waals surface area contributed by atoms with Crippen LogP contribution in [-0.2, 0) is 17.8 Å². The Labute approximate surface area is 219 Å². The average Bonchev–Trinajstić information content (AvgIpc) is 3.57. The summed E-state index contributed by atoms with van der Waals surface area (Å²) in [5.74, 6) is 0.846. The molecule has 198 valence electrons. The molecule has 3 heterocycles. The van der Waals surface area contributed by atoms with Gasteiger partial charge in [0.05, 0.1) is 26.3 Å². The number of aryl methyl sites for hydroxylation is 1. The van der Waals surface area contributed by atoms with Gasteiger partial charge in [0.2, 0.25) is 0 Å². The fraction of sp³-hybridized carbons (Fsp3) is 0.448. The molecule has 8 heteroatoms. The Bertz CT molecular complexity index is 1140. The maximum Gasteiger partial charge on any atom is 0.286 e. The van der Waals surface area contributed by atoms with Crippen molar-refractivity contribution in [1.82, 2.24) is 19.7 Å². The number of benzene rings is 1. The highest BCUT2D eigenvalue weighted by molar-refractivity contribution is 5.94. The monoisotopic (exact) mass is 506 g/mol. The molecule has 8 nitrogen and oxygen atoms in total. The van der Waals surface area contributed by atoms with Crippen LogP contribution in [0.25, 0.3) is 0 Å². The summed E-state index contributed by atoms with van der Waals surface area (Å²) in [6.07, 6.45) is 3.74. The van der Waals surface area contributed by atoms with Crippen molar-refractivity contribution in [1.29, 1.82) is 0 Å². The molecule has 1 aliphatic rings. The zero-order valence-electron chi connectivity index (χ0n) is 21.9. The number of nitrogens with zero attached hydrogens (tertiary/aromatic N) is 3. The number of hydrogen-bond acceptors (Lipinski definition) is 5. The number of carbonyl (C=O) groups is 2. The van der Waals surface area contributed by atoms with E-state index in [9.17, 15) is 9.59 Å². The van der Waals surface area contributed by atoms with Crippen molar-refractivity contribution in [2.45, 2.75) is 39.8 Å². The van der Waals surface area contributed by atoms with Crippen molar-refractivity contribution in [2.75, 3.05) is 45.9 Å². The van der Waals surface area contributed by atoms with Gasteiger partial charge in [-0.1, -0.05) is 24.6 Å². The number of morpholine rings is 1. The van der Waals surface area contributed by atoms with Gasteiger partial charge in [-0.25, -0.2) is 0 Å². The summed E-state index contributed by atoms with van der Waals surface area (Å²) < 4.78 is 13.3. The van der Waals surface area contributed by atoms with Crippen molar-refractivity contribution in [2.24, 2.45) is 0 Å². The number of nitrogens with one attached hydrogen (secondary N) is 1. The first-order valence-corrected chi connectivity index (χ1v) is 13.2. The Balaban J connectivity index is 1.31. The van der Waals surface area contributed by atoms with Crippen LogP contribution < -0.4 is 5.32 Å². The molecule has 3 aromatic rings. The number of hydrogen-bond donors (Lipinski definition) is 1. The zero-order chi connectivity index (χ0) is 26.0. The van der Waals surface area contributed by atoms with Gasteiger partial charge in [-0.15, -0.1) is 0 Å². The molecule has 0 radical (unpaired) electrons. The number of carbonyl (C=O) groups excluding carboxylic acids is 2. The Morgan fingerprint density at radius 2 is 1.84 bits per heavy atom. The van der Waals surface area contributed by atoms with Crippen LogP contribution in [0, 0.1) is 6.92 Å². The van der Waals surface area contributed by atoms with Crippen molar-refractivity contribution in [3.8, 4) is 0 Å². The van der Waals surface area contributed by atoms with Crippen molar-refractivity contribution < 1.29 is 18.7 Å². The molecule has 0 aliphatic carbocycles. The maximum atomic E-state index is 13.2. The van der Waals surface area contributed by atoms with Crippen LogP contribution in [-0.4, -0.2) is 72.1 Å². The minimum absolute atomic E-state index is 0.0279. The molecule has 0 spiro atoms.